The first-order valence-electron chi connectivity index (χ1n) is 14.1. The largest absolute Gasteiger partial charge is 0.353 e. The van der Waals surface area contributed by atoms with Crippen molar-refractivity contribution in [1.82, 2.24) is 4.67 Å². The predicted octanol–water partition coefficient (Wildman–Crippen LogP) is 6.13. The van der Waals surface area contributed by atoms with Gasteiger partial charge in [-0.25, -0.2) is 10.2 Å². The van der Waals surface area contributed by atoms with Gasteiger partial charge in [-0.15, -0.1) is 23.2 Å². The Hall–Kier alpha value is 0.0200. The third-order valence-electron chi connectivity index (χ3n) is 9.59. The summed E-state index contributed by atoms with van der Waals surface area (Å²) in [5, 5.41) is 0. The Bertz CT molecular complexity index is 870. The summed E-state index contributed by atoms with van der Waals surface area (Å²) in [5.41, 5.74) is 7.58. The second kappa shape index (κ2) is 13.1. The van der Waals surface area contributed by atoms with Crippen molar-refractivity contribution in [3.8, 4) is 0 Å². The summed E-state index contributed by atoms with van der Waals surface area (Å²) in [5.74, 6) is 3.61. The molecule has 2 unspecified atom stereocenters. The van der Waals surface area contributed by atoms with Gasteiger partial charge in [0.15, 0.2) is 12.1 Å². The van der Waals surface area contributed by atoms with Crippen LogP contribution >= 0.6 is 30.9 Å². The molecule has 0 saturated heterocycles. The summed E-state index contributed by atoms with van der Waals surface area (Å²) in [4.78, 5) is 12.0. The zero-order valence-electron chi connectivity index (χ0n) is 22.4. The zero-order chi connectivity index (χ0) is 26.6. The van der Waals surface area contributed by atoms with Gasteiger partial charge >= 0.3 is 7.67 Å². The Balaban J connectivity index is 1.35. The van der Waals surface area contributed by atoms with Crippen LogP contribution in [-0.4, -0.2) is 60.9 Å². The number of carbonyl (C=O) groups is 1. The Labute approximate surface area is 232 Å². The molecule has 0 aliphatic heterocycles. The quantitative estimate of drug-likeness (QED) is 0.160. The predicted molar refractivity (Wildman–Crippen MR) is 148 cm³/mol. The van der Waals surface area contributed by atoms with Gasteiger partial charge < -0.3 is 14.0 Å². The summed E-state index contributed by atoms with van der Waals surface area (Å²) in [6.45, 7) is 5.79. The number of fused-ring (bicyclic) bond motifs is 5. The molecule has 8 atom stereocenters. The summed E-state index contributed by atoms with van der Waals surface area (Å²) in [6, 6.07) is 0. The van der Waals surface area contributed by atoms with E-state index in [0.29, 0.717) is 67.8 Å². The van der Waals surface area contributed by atoms with Crippen molar-refractivity contribution < 1.29 is 23.4 Å². The van der Waals surface area contributed by atoms with Crippen LogP contribution in [0.5, 0.6) is 0 Å². The van der Waals surface area contributed by atoms with E-state index in [4.69, 9.17) is 42.7 Å². The van der Waals surface area contributed by atoms with Gasteiger partial charge in [-0.1, -0.05) is 12.5 Å². The van der Waals surface area contributed by atoms with E-state index in [1.165, 1.54) is 29.5 Å². The zero-order valence-corrected chi connectivity index (χ0v) is 24.8. The number of halogens is 2. The monoisotopic (exact) mass is 578 g/mol. The van der Waals surface area contributed by atoms with Gasteiger partial charge in [0.25, 0.3) is 0 Å². The second-order valence-corrected chi connectivity index (χ2v) is 14.2. The average Bonchev–Trinajstić information content (AvgIpc) is 3.19. The molecule has 3 saturated carbocycles. The number of ether oxygens (including phenoxy) is 2. The molecule has 7 nitrogen and oxygen atoms in total. The van der Waals surface area contributed by atoms with Crippen molar-refractivity contribution >= 4 is 36.7 Å². The summed E-state index contributed by atoms with van der Waals surface area (Å²) in [6.07, 6.45) is 10.8. The first kappa shape index (κ1) is 30.0. The van der Waals surface area contributed by atoms with Crippen LogP contribution < -0.4 is 5.50 Å². The number of ketones is 1. The van der Waals surface area contributed by atoms with Crippen LogP contribution in [0.1, 0.15) is 71.6 Å². The van der Waals surface area contributed by atoms with E-state index in [9.17, 15) is 9.36 Å². The highest BCUT2D eigenvalue weighted by molar-refractivity contribution is 7.53. The minimum Gasteiger partial charge on any atom is -0.353 e. The van der Waals surface area contributed by atoms with Gasteiger partial charge in [0, 0.05) is 44.3 Å². The molecule has 2 N–H and O–H groups in total. The normalized spacial score (nSPS) is 35.9. The molecule has 37 heavy (non-hydrogen) atoms. The number of nitrogens with zero attached hydrogens (tertiary/aromatic N) is 1. The number of alkyl halides is 2. The molecule has 0 radical (unpaired) electrons. The third kappa shape index (κ3) is 6.68. The molecular weight excluding hydrogens is 534 g/mol. The van der Waals surface area contributed by atoms with E-state index in [0.717, 1.165) is 31.6 Å². The highest BCUT2D eigenvalue weighted by Crippen LogP contribution is 2.62. The van der Waals surface area contributed by atoms with Gasteiger partial charge in [0.2, 0.25) is 0 Å². The minimum absolute atomic E-state index is 0.129. The van der Waals surface area contributed by atoms with Crippen molar-refractivity contribution in [2.45, 2.75) is 84.0 Å². The van der Waals surface area contributed by atoms with E-state index in [1.54, 1.807) is 0 Å². The smallest absolute Gasteiger partial charge is 0.340 e. The minimum atomic E-state index is -3.49. The Morgan fingerprint density at radius 3 is 2.59 bits per heavy atom. The van der Waals surface area contributed by atoms with Crippen LogP contribution in [-0.2, 0) is 23.4 Å². The van der Waals surface area contributed by atoms with Crippen LogP contribution in [0, 0.1) is 29.1 Å². The molecule has 212 valence electrons. The van der Waals surface area contributed by atoms with Gasteiger partial charge in [-0.3, -0.25) is 9.36 Å². The van der Waals surface area contributed by atoms with Gasteiger partial charge in [-0.05, 0) is 87.0 Å². The molecule has 0 bridgehead atoms. The maximum Gasteiger partial charge on any atom is 0.340 e. The number of allylic oxidation sites excluding steroid dienone is 1. The lowest BCUT2D eigenvalue weighted by molar-refractivity contribution is -0.204. The number of nitrogens with two attached hydrogens (primary N) is 1. The molecule has 0 aromatic carbocycles. The number of rotatable bonds is 13. The highest BCUT2D eigenvalue weighted by Gasteiger charge is 2.57. The van der Waals surface area contributed by atoms with E-state index in [2.05, 4.69) is 6.92 Å². The first-order chi connectivity index (χ1) is 17.7. The molecule has 10 heteroatoms. The fourth-order valence-corrected chi connectivity index (χ4v) is 9.79. The molecule has 0 spiro atoms. The van der Waals surface area contributed by atoms with Gasteiger partial charge in [0.05, 0.1) is 12.7 Å². The van der Waals surface area contributed by atoms with E-state index in [1.807, 2.05) is 13.0 Å². The first-order valence-corrected chi connectivity index (χ1v) is 16.9. The Kier molecular flexibility index (Phi) is 10.6. The van der Waals surface area contributed by atoms with E-state index in [-0.39, 0.29) is 18.1 Å². The molecule has 4 aliphatic carbocycles. The standard InChI is InChI=1S/C27H45Cl2N2O5P/c1-3-34-26(11-17-35-37(30,33)31(15-13-28)16-14-29)36-25-9-8-24-23-6-4-19-18-20(32)5-7-21(19)22(23)10-12-27(24,25)2/h18,21-26H,3-17H2,1-2H3,(H2,30,33)/t21-,22+,23+,24-,25-,26?,27-,37?/m0/s1. The fraction of sp³-hybridized carbons (Fsp3) is 0.889. The maximum atomic E-state index is 12.9. The number of hydrogen-bond donors (Lipinski definition) is 1. The van der Waals surface area contributed by atoms with Crippen molar-refractivity contribution in [2.75, 3.05) is 38.1 Å². The Morgan fingerprint density at radius 1 is 1.14 bits per heavy atom. The lowest BCUT2D eigenvalue weighted by Crippen LogP contribution is -2.48. The molecular formula is C27H45Cl2N2O5P. The van der Waals surface area contributed by atoms with Crippen LogP contribution in [0.15, 0.2) is 11.6 Å². The van der Waals surface area contributed by atoms with E-state index < -0.39 is 14.0 Å². The third-order valence-corrected chi connectivity index (χ3v) is 11.7. The van der Waals surface area contributed by atoms with E-state index >= 15 is 0 Å². The van der Waals surface area contributed by atoms with Gasteiger partial charge in [-0.2, -0.15) is 0 Å². The van der Waals surface area contributed by atoms with Crippen LogP contribution in [0.3, 0.4) is 0 Å². The molecule has 4 rings (SSSR count). The van der Waals surface area contributed by atoms with Crippen LogP contribution in [0.25, 0.3) is 0 Å². The molecule has 4 aliphatic rings. The topological polar surface area (TPSA) is 91.1 Å². The molecule has 3 fully saturated rings. The Morgan fingerprint density at radius 2 is 1.89 bits per heavy atom. The molecule has 0 amide bonds. The second-order valence-electron chi connectivity index (χ2n) is 11.5. The number of carbonyl (C=O) groups excluding carboxylic acids is 1. The van der Waals surface area contributed by atoms with Crippen molar-refractivity contribution in [2.24, 2.45) is 34.6 Å². The SMILES string of the molecule is CCOC(CCOP(N)(=O)N(CCCl)CCCl)O[C@H]1CC[C@H]2[C@@H]3CCC4=CC(=O)CC[C@@H]4[C@H]3CC[C@]12C. The average molecular weight is 580 g/mol. The van der Waals surface area contributed by atoms with Crippen molar-refractivity contribution in [3.05, 3.63) is 11.6 Å². The molecule has 0 aromatic heterocycles. The summed E-state index contributed by atoms with van der Waals surface area (Å²) in [7, 11) is -3.49. The molecule has 0 heterocycles. The van der Waals surface area contributed by atoms with Crippen molar-refractivity contribution in [3.63, 3.8) is 0 Å². The number of hydrogen-bond acceptors (Lipinski definition) is 5. The van der Waals surface area contributed by atoms with Crippen molar-refractivity contribution in [1.29, 1.82) is 0 Å². The highest BCUT2D eigenvalue weighted by atomic mass is 35.5. The summed E-state index contributed by atoms with van der Waals surface area (Å²) >= 11 is 11.7. The maximum absolute atomic E-state index is 12.9. The lowest BCUT2D eigenvalue weighted by Gasteiger charge is -2.54. The van der Waals surface area contributed by atoms with Crippen LogP contribution in [0.2, 0.25) is 0 Å². The molecule has 0 aromatic rings. The van der Waals surface area contributed by atoms with Gasteiger partial charge in [0.1, 0.15) is 0 Å². The fourth-order valence-electron chi connectivity index (χ4n) is 7.86. The lowest BCUT2D eigenvalue weighted by atomic mass is 9.52. The summed E-state index contributed by atoms with van der Waals surface area (Å²) < 4.78 is 32.7. The van der Waals surface area contributed by atoms with Crippen LogP contribution in [0.4, 0.5) is 0 Å².